The highest BCUT2D eigenvalue weighted by atomic mass is 32.2. The van der Waals surface area contributed by atoms with Crippen molar-refractivity contribution in [2.45, 2.75) is 24.3 Å². The molecule has 0 saturated heterocycles. The molecule has 0 N–H and O–H groups in total. The molecular weight excluding hydrogens is 274 g/mol. The zero-order valence-corrected chi connectivity index (χ0v) is 11.9. The predicted molar refractivity (Wildman–Crippen MR) is 74.7 cm³/mol. The molecule has 0 spiro atoms. The van der Waals surface area contributed by atoms with Crippen molar-refractivity contribution >= 4 is 11.8 Å². The van der Waals surface area contributed by atoms with E-state index < -0.39 is 0 Å². The molecule has 102 valence electrons. The molecule has 0 aliphatic carbocycles. The summed E-state index contributed by atoms with van der Waals surface area (Å²) in [5, 5.41) is 12.7. The normalized spacial score (nSPS) is 12.5. The molecule has 0 unspecified atom stereocenters. The average molecular weight is 287 g/mol. The largest absolute Gasteiger partial charge is 0.338 e. The van der Waals surface area contributed by atoms with Crippen molar-refractivity contribution in [2.24, 2.45) is 0 Å². The van der Waals surface area contributed by atoms with Gasteiger partial charge in [0, 0.05) is 5.69 Å². The van der Waals surface area contributed by atoms with E-state index in [1.165, 1.54) is 11.8 Å². The number of aromatic nitrogens is 5. The Bertz CT molecular complexity index is 694. The molecule has 0 fully saturated rings. The summed E-state index contributed by atoms with van der Waals surface area (Å²) in [5.41, 5.74) is 1.02. The Kier molecular flexibility index (Phi) is 3.51. The maximum atomic E-state index is 5.18. The Morgan fingerprint density at radius 3 is 2.75 bits per heavy atom. The Morgan fingerprint density at radius 1 is 1.25 bits per heavy atom. The van der Waals surface area contributed by atoms with Crippen molar-refractivity contribution in [3.8, 4) is 5.69 Å². The summed E-state index contributed by atoms with van der Waals surface area (Å²) in [4.78, 5) is 4.24. The van der Waals surface area contributed by atoms with Crippen LogP contribution in [0.25, 0.3) is 5.69 Å². The van der Waals surface area contributed by atoms with E-state index in [1.54, 1.807) is 13.3 Å². The molecule has 1 aromatic carbocycles. The third-order valence-electron chi connectivity index (χ3n) is 2.72. The smallest absolute Gasteiger partial charge is 0.239 e. The second-order valence-corrected chi connectivity index (χ2v) is 5.57. The van der Waals surface area contributed by atoms with Gasteiger partial charge >= 0.3 is 0 Å². The summed E-state index contributed by atoms with van der Waals surface area (Å²) < 4.78 is 7.12. The van der Waals surface area contributed by atoms with Crippen LogP contribution in [0.1, 0.15) is 23.9 Å². The van der Waals surface area contributed by atoms with Crippen LogP contribution >= 0.6 is 11.8 Å². The van der Waals surface area contributed by atoms with Crippen molar-refractivity contribution in [3.05, 3.63) is 48.4 Å². The van der Waals surface area contributed by atoms with Crippen LogP contribution in [0.4, 0.5) is 0 Å². The highest BCUT2D eigenvalue weighted by Gasteiger charge is 2.18. The van der Waals surface area contributed by atoms with Gasteiger partial charge in [0.1, 0.15) is 6.33 Å². The summed E-state index contributed by atoms with van der Waals surface area (Å²) in [6, 6.07) is 9.96. The minimum absolute atomic E-state index is 0.0165. The first-order valence-electron chi connectivity index (χ1n) is 6.16. The zero-order valence-electron chi connectivity index (χ0n) is 11.1. The third-order valence-corrected chi connectivity index (χ3v) is 3.77. The van der Waals surface area contributed by atoms with Gasteiger partial charge in [-0.2, -0.15) is 4.98 Å². The fraction of sp³-hybridized carbons (Fsp3) is 0.231. The molecule has 0 saturated carbocycles. The molecule has 20 heavy (non-hydrogen) atoms. The van der Waals surface area contributed by atoms with Crippen LogP contribution in [0.2, 0.25) is 0 Å². The second-order valence-electron chi connectivity index (χ2n) is 4.26. The molecule has 0 amide bonds. The summed E-state index contributed by atoms with van der Waals surface area (Å²) >= 11 is 1.53. The van der Waals surface area contributed by atoms with Crippen LogP contribution in [0.15, 0.2) is 46.3 Å². The van der Waals surface area contributed by atoms with E-state index in [0.29, 0.717) is 11.7 Å². The molecular formula is C13H13N5OS. The van der Waals surface area contributed by atoms with Gasteiger partial charge in [-0.25, -0.2) is 0 Å². The lowest BCUT2D eigenvalue weighted by atomic mass is 10.3. The number of benzene rings is 1. The van der Waals surface area contributed by atoms with Gasteiger partial charge in [-0.05, 0) is 26.0 Å². The average Bonchev–Trinajstić information content (AvgIpc) is 3.09. The van der Waals surface area contributed by atoms with Gasteiger partial charge < -0.3 is 4.52 Å². The summed E-state index contributed by atoms with van der Waals surface area (Å²) in [6.45, 7) is 3.80. The van der Waals surface area contributed by atoms with Crippen molar-refractivity contribution in [1.82, 2.24) is 24.9 Å². The highest BCUT2D eigenvalue weighted by molar-refractivity contribution is 7.99. The Balaban J connectivity index is 1.84. The molecule has 1 atom stereocenters. The molecule has 0 radical (unpaired) electrons. The molecule has 6 nitrogen and oxygen atoms in total. The van der Waals surface area contributed by atoms with Gasteiger partial charge in [0.25, 0.3) is 0 Å². The van der Waals surface area contributed by atoms with E-state index in [1.807, 2.05) is 41.8 Å². The Labute approximate surface area is 120 Å². The van der Waals surface area contributed by atoms with Crippen LogP contribution in [0, 0.1) is 6.92 Å². The number of nitrogens with zero attached hydrogens (tertiary/aromatic N) is 5. The van der Waals surface area contributed by atoms with Gasteiger partial charge in [-0.1, -0.05) is 35.1 Å². The van der Waals surface area contributed by atoms with Crippen LogP contribution in [-0.4, -0.2) is 24.9 Å². The standard InChI is InChI=1S/C13H13N5OS/c1-9(12-15-10(2)17-19-12)20-13-16-14-8-18(13)11-6-4-3-5-7-11/h3-9H,1-2H3/t9-/m0/s1. The number of thioether (sulfide) groups is 1. The van der Waals surface area contributed by atoms with Crippen molar-refractivity contribution in [1.29, 1.82) is 0 Å². The lowest BCUT2D eigenvalue weighted by Crippen LogP contribution is -1.97. The minimum atomic E-state index is 0.0165. The van der Waals surface area contributed by atoms with E-state index in [0.717, 1.165) is 10.8 Å². The summed E-state index contributed by atoms with van der Waals surface area (Å²) in [5.74, 6) is 1.23. The van der Waals surface area contributed by atoms with Gasteiger partial charge in [0.15, 0.2) is 11.0 Å². The first-order valence-corrected chi connectivity index (χ1v) is 7.04. The topological polar surface area (TPSA) is 69.6 Å². The molecule has 0 bridgehead atoms. The van der Waals surface area contributed by atoms with Gasteiger partial charge in [0.2, 0.25) is 5.89 Å². The lowest BCUT2D eigenvalue weighted by Gasteiger charge is -2.08. The SMILES string of the molecule is Cc1noc([C@H](C)Sc2nncn2-c2ccccc2)n1. The quantitative estimate of drug-likeness (QED) is 0.687. The third kappa shape index (κ3) is 2.57. The molecule has 0 aliphatic heterocycles. The highest BCUT2D eigenvalue weighted by Crippen LogP contribution is 2.33. The van der Waals surface area contributed by atoms with E-state index in [2.05, 4.69) is 20.3 Å². The fourth-order valence-electron chi connectivity index (χ4n) is 1.76. The number of hydrogen-bond acceptors (Lipinski definition) is 6. The maximum absolute atomic E-state index is 5.18. The van der Waals surface area contributed by atoms with E-state index in [4.69, 9.17) is 4.52 Å². The predicted octanol–water partition coefficient (Wildman–Crippen LogP) is 2.81. The van der Waals surface area contributed by atoms with Crippen LogP contribution in [-0.2, 0) is 0 Å². The Hall–Kier alpha value is -2.15. The number of para-hydroxylation sites is 1. The number of rotatable bonds is 4. The van der Waals surface area contributed by atoms with Crippen molar-refractivity contribution in [3.63, 3.8) is 0 Å². The monoisotopic (exact) mass is 287 g/mol. The van der Waals surface area contributed by atoms with Gasteiger partial charge in [-0.3, -0.25) is 4.57 Å². The van der Waals surface area contributed by atoms with Crippen molar-refractivity contribution < 1.29 is 4.52 Å². The molecule has 7 heteroatoms. The summed E-state index contributed by atoms with van der Waals surface area (Å²) in [7, 11) is 0. The number of aryl methyl sites for hydroxylation is 1. The van der Waals surface area contributed by atoms with Crippen LogP contribution < -0.4 is 0 Å². The van der Waals surface area contributed by atoms with Crippen LogP contribution in [0.5, 0.6) is 0 Å². The van der Waals surface area contributed by atoms with Gasteiger partial charge in [-0.15, -0.1) is 10.2 Å². The second kappa shape index (κ2) is 5.46. The molecule has 3 aromatic rings. The molecule has 3 rings (SSSR count). The summed E-state index contributed by atoms with van der Waals surface area (Å²) in [6.07, 6.45) is 1.70. The van der Waals surface area contributed by atoms with E-state index >= 15 is 0 Å². The maximum Gasteiger partial charge on any atom is 0.239 e. The lowest BCUT2D eigenvalue weighted by molar-refractivity contribution is 0.376. The van der Waals surface area contributed by atoms with E-state index in [9.17, 15) is 0 Å². The van der Waals surface area contributed by atoms with E-state index in [-0.39, 0.29) is 5.25 Å². The molecule has 2 heterocycles. The van der Waals surface area contributed by atoms with Gasteiger partial charge in [0.05, 0.1) is 5.25 Å². The molecule has 0 aliphatic rings. The zero-order chi connectivity index (χ0) is 13.9. The number of hydrogen-bond donors (Lipinski definition) is 0. The minimum Gasteiger partial charge on any atom is -0.338 e. The fourth-order valence-corrected chi connectivity index (χ4v) is 2.63. The first-order chi connectivity index (χ1) is 9.74. The first kappa shape index (κ1) is 12.9. The van der Waals surface area contributed by atoms with Crippen LogP contribution in [0.3, 0.4) is 0 Å². The van der Waals surface area contributed by atoms with Crippen molar-refractivity contribution in [2.75, 3.05) is 0 Å². The Morgan fingerprint density at radius 2 is 2.05 bits per heavy atom. The molecule has 2 aromatic heterocycles.